The van der Waals surface area contributed by atoms with E-state index in [0.29, 0.717) is 19.3 Å². The minimum atomic E-state index is -0.779. The lowest BCUT2D eigenvalue weighted by Gasteiger charge is -2.18. The van der Waals surface area contributed by atoms with Crippen molar-refractivity contribution in [1.29, 1.82) is 0 Å². The molecule has 1 unspecified atom stereocenters. The second-order valence-corrected chi connectivity index (χ2v) is 14.2. The molecule has 1 atom stereocenters. The number of allylic oxidation sites excluding steroid dienone is 10. The van der Waals surface area contributed by atoms with Crippen LogP contribution in [-0.2, 0) is 28.6 Å². The maximum absolute atomic E-state index is 12.6. The van der Waals surface area contributed by atoms with Gasteiger partial charge >= 0.3 is 17.9 Å². The van der Waals surface area contributed by atoms with Crippen LogP contribution in [0.2, 0.25) is 0 Å². The molecule has 0 heterocycles. The van der Waals surface area contributed by atoms with E-state index in [1.807, 2.05) is 0 Å². The maximum atomic E-state index is 12.6. The molecule has 0 rings (SSSR count). The molecule has 0 N–H and O–H groups in total. The Morgan fingerprint density at radius 3 is 1.15 bits per heavy atom. The minimum Gasteiger partial charge on any atom is -0.462 e. The number of hydrogen-bond donors (Lipinski definition) is 0. The summed E-state index contributed by atoms with van der Waals surface area (Å²) in [6.07, 6.45) is 49.3. The number of hydrogen-bond acceptors (Lipinski definition) is 6. The summed E-state index contributed by atoms with van der Waals surface area (Å²) in [5.41, 5.74) is 0. The lowest BCUT2D eigenvalue weighted by molar-refractivity contribution is -0.167. The fourth-order valence-electron chi connectivity index (χ4n) is 5.76. The molecule has 0 saturated heterocycles. The van der Waals surface area contributed by atoms with Gasteiger partial charge in [-0.25, -0.2) is 0 Å². The van der Waals surface area contributed by atoms with Crippen molar-refractivity contribution in [2.45, 2.75) is 207 Å². The van der Waals surface area contributed by atoms with Gasteiger partial charge in [0.1, 0.15) is 13.2 Å². The number of unbranched alkanes of at least 4 members (excludes halogenated alkanes) is 17. The van der Waals surface area contributed by atoms with Crippen molar-refractivity contribution < 1.29 is 28.6 Å². The van der Waals surface area contributed by atoms with E-state index < -0.39 is 6.10 Å². The van der Waals surface area contributed by atoms with Crippen molar-refractivity contribution in [1.82, 2.24) is 0 Å². The number of esters is 3. The number of ether oxygens (including phenoxy) is 3. The third-order valence-electron chi connectivity index (χ3n) is 9.04. The normalized spacial score (nSPS) is 12.6. The maximum Gasteiger partial charge on any atom is 0.306 e. The summed E-state index contributed by atoms with van der Waals surface area (Å²) in [6.45, 7) is 6.41. The molecule has 0 aromatic carbocycles. The molecule has 0 aliphatic heterocycles. The third kappa shape index (κ3) is 40.1. The fourth-order valence-corrected chi connectivity index (χ4v) is 5.76. The Morgan fingerprint density at radius 1 is 0.396 bits per heavy atom. The first kappa shape index (κ1) is 50.1. The van der Waals surface area contributed by atoms with Gasteiger partial charge in [-0.05, 0) is 64.2 Å². The second-order valence-electron chi connectivity index (χ2n) is 14.2. The summed E-state index contributed by atoms with van der Waals surface area (Å²) in [5, 5.41) is 0. The van der Waals surface area contributed by atoms with Gasteiger partial charge in [-0.2, -0.15) is 0 Å². The summed E-state index contributed by atoms with van der Waals surface area (Å²) in [6, 6.07) is 0. The minimum absolute atomic E-state index is 0.0840. The summed E-state index contributed by atoms with van der Waals surface area (Å²) < 4.78 is 16.6. The highest BCUT2D eigenvalue weighted by atomic mass is 16.6. The van der Waals surface area contributed by atoms with Crippen LogP contribution in [0.5, 0.6) is 0 Å². The van der Waals surface area contributed by atoms with Crippen LogP contribution in [0, 0.1) is 0 Å². The molecule has 0 aromatic rings. The monoisotopic (exact) mass is 741 g/mol. The average Bonchev–Trinajstić information content (AvgIpc) is 3.15. The van der Waals surface area contributed by atoms with Crippen LogP contribution >= 0.6 is 0 Å². The van der Waals surface area contributed by atoms with Crippen molar-refractivity contribution in [2.24, 2.45) is 0 Å². The molecule has 0 amide bonds. The van der Waals surface area contributed by atoms with Gasteiger partial charge in [0.15, 0.2) is 6.10 Å². The quantitative estimate of drug-likeness (QED) is 0.0271. The van der Waals surface area contributed by atoms with E-state index in [1.165, 1.54) is 64.2 Å². The van der Waals surface area contributed by atoms with Crippen LogP contribution in [0.3, 0.4) is 0 Å². The molecule has 0 bridgehead atoms. The standard InChI is InChI=1S/C47H80O6/c1-4-7-10-13-16-18-19-20-21-22-23-24-25-26-27-29-31-34-37-40-46(49)52-43-44(42-51-45(48)39-36-33-30-15-12-9-6-3)53-47(50)41-38-35-32-28-17-14-11-8-5-2/h7,10,16,18,20-21,23-24,26-27,44H,4-6,8-9,11-15,17,19,22,25,28-43H2,1-3H3/b10-7-,18-16-,21-20-,24-23-,27-26-. The van der Waals surface area contributed by atoms with Crippen molar-refractivity contribution >= 4 is 17.9 Å². The smallest absolute Gasteiger partial charge is 0.306 e. The number of rotatable bonds is 38. The Balaban J connectivity index is 4.32. The lowest BCUT2D eigenvalue weighted by atomic mass is 10.1. The molecule has 53 heavy (non-hydrogen) atoms. The molecule has 0 spiro atoms. The van der Waals surface area contributed by atoms with Gasteiger partial charge in [0, 0.05) is 19.3 Å². The third-order valence-corrected chi connectivity index (χ3v) is 9.04. The van der Waals surface area contributed by atoms with Gasteiger partial charge in [0.05, 0.1) is 0 Å². The molecule has 6 nitrogen and oxygen atoms in total. The zero-order valence-corrected chi connectivity index (χ0v) is 34.5. The highest BCUT2D eigenvalue weighted by Gasteiger charge is 2.19. The SMILES string of the molecule is CC/C=C\C/C=C\C/C=C\C/C=C\C/C=C\CCCCCC(=O)OCC(COC(=O)CCCCCCCCC)OC(=O)CCCCCCCCCCC. The van der Waals surface area contributed by atoms with Crippen molar-refractivity contribution in [3.8, 4) is 0 Å². The van der Waals surface area contributed by atoms with E-state index in [0.717, 1.165) is 96.3 Å². The highest BCUT2D eigenvalue weighted by Crippen LogP contribution is 2.13. The Kier molecular flexibility index (Phi) is 39.6. The molecule has 304 valence electrons. The predicted molar refractivity (Wildman–Crippen MR) is 224 cm³/mol. The van der Waals surface area contributed by atoms with E-state index in [-0.39, 0.29) is 31.1 Å². The molecule has 0 aromatic heterocycles. The van der Waals surface area contributed by atoms with Crippen LogP contribution in [-0.4, -0.2) is 37.2 Å². The Hall–Kier alpha value is -2.89. The molecule has 0 fully saturated rings. The van der Waals surface area contributed by atoms with Crippen LogP contribution in [0.1, 0.15) is 201 Å². The van der Waals surface area contributed by atoms with Crippen LogP contribution < -0.4 is 0 Å². The summed E-state index contributed by atoms with van der Waals surface area (Å²) in [4.78, 5) is 37.5. The van der Waals surface area contributed by atoms with E-state index in [1.54, 1.807) is 0 Å². The molecule has 6 heteroatoms. The molecule has 0 radical (unpaired) electrons. The van der Waals surface area contributed by atoms with Gasteiger partial charge in [0.2, 0.25) is 0 Å². The van der Waals surface area contributed by atoms with E-state index >= 15 is 0 Å². The van der Waals surface area contributed by atoms with E-state index in [9.17, 15) is 14.4 Å². The van der Waals surface area contributed by atoms with Gasteiger partial charge in [-0.15, -0.1) is 0 Å². The van der Waals surface area contributed by atoms with Crippen molar-refractivity contribution in [2.75, 3.05) is 13.2 Å². The number of carbonyl (C=O) groups excluding carboxylic acids is 3. The van der Waals surface area contributed by atoms with Crippen molar-refractivity contribution in [3.63, 3.8) is 0 Å². The van der Waals surface area contributed by atoms with Crippen LogP contribution in [0.4, 0.5) is 0 Å². The zero-order chi connectivity index (χ0) is 38.7. The van der Waals surface area contributed by atoms with Gasteiger partial charge in [0.25, 0.3) is 0 Å². The summed E-state index contributed by atoms with van der Waals surface area (Å²) >= 11 is 0. The molecule has 0 aliphatic rings. The largest absolute Gasteiger partial charge is 0.462 e. The first-order chi connectivity index (χ1) is 26.0. The first-order valence-corrected chi connectivity index (χ1v) is 21.8. The van der Waals surface area contributed by atoms with Gasteiger partial charge in [-0.1, -0.05) is 178 Å². The highest BCUT2D eigenvalue weighted by molar-refractivity contribution is 5.71. The second kappa shape index (κ2) is 41.9. The van der Waals surface area contributed by atoms with Crippen molar-refractivity contribution in [3.05, 3.63) is 60.8 Å². The molecular formula is C47H80O6. The van der Waals surface area contributed by atoms with Gasteiger partial charge in [-0.3, -0.25) is 14.4 Å². The predicted octanol–water partition coefficient (Wildman–Crippen LogP) is 13.7. The topological polar surface area (TPSA) is 78.9 Å². The molecule has 0 saturated carbocycles. The van der Waals surface area contributed by atoms with E-state index in [2.05, 4.69) is 81.5 Å². The van der Waals surface area contributed by atoms with Crippen LogP contribution in [0.25, 0.3) is 0 Å². The zero-order valence-electron chi connectivity index (χ0n) is 34.5. The molecular weight excluding hydrogens is 661 g/mol. The summed E-state index contributed by atoms with van der Waals surface area (Å²) in [5.74, 6) is -0.932. The summed E-state index contributed by atoms with van der Waals surface area (Å²) in [7, 11) is 0. The first-order valence-electron chi connectivity index (χ1n) is 21.8. The Bertz CT molecular complexity index is 991. The number of carbonyl (C=O) groups is 3. The Labute approximate surface area is 326 Å². The van der Waals surface area contributed by atoms with E-state index in [4.69, 9.17) is 14.2 Å². The van der Waals surface area contributed by atoms with Gasteiger partial charge < -0.3 is 14.2 Å². The molecule has 0 aliphatic carbocycles. The average molecular weight is 741 g/mol. The lowest BCUT2D eigenvalue weighted by Crippen LogP contribution is -2.30. The fraction of sp³-hybridized carbons (Fsp3) is 0.723. The Morgan fingerprint density at radius 2 is 0.736 bits per heavy atom. The van der Waals surface area contributed by atoms with Crippen LogP contribution in [0.15, 0.2) is 60.8 Å².